The number of benzene rings is 3. The Morgan fingerprint density at radius 3 is 2.06 bits per heavy atom. The maximum absolute atomic E-state index is 12.3. The molecule has 0 bridgehead atoms. The van der Waals surface area contributed by atoms with Gasteiger partial charge in [-0.25, -0.2) is 9.59 Å². The first kappa shape index (κ1) is 24.7. The molecule has 0 radical (unpaired) electrons. The number of esters is 2. The van der Waals surface area contributed by atoms with Crippen molar-refractivity contribution < 1.29 is 23.8 Å². The molecule has 6 nitrogen and oxygen atoms in total. The van der Waals surface area contributed by atoms with Gasteiger partial charge in [-0.1, -0.05) is 20.3 Å². The maximum Gasteiger partial charge on any atom is 0.343 e. The van der Waals surface area contributed by atoms with Crippen LogP contribution in [0.25, 0.3) is 0 Å². The molecule has 6 heteroatoms. The first-order valence-electron chi connectivity index (χ1n) is 11.3. The topological polar surface area (TPSA) is 74.2 Å². The zero-order valence-electron chi connectivity index (χ0n) is 19.7. The van der Waals surface area contributed by atoms with E-state index in [9.17, 15) is 9.59 Å². The Kier molecular flexibility index (Phi) is 8.97. The Hall–Kier alpha value is -3.93. The van der Waals surface area contributed by atoms with Gasteiger partial charge in [0.1, 0.15) is 11.5 Å². The molecule has 0 amide bonds. The number of aliphatic imine (C=N–C) groups is 1. The lowest BCUT2D eigenvalue weighted by molar-refractivity contribution is 0.0443. The van der Waals surface area contributed by atoms with Gasteiger partial charge in [-0.15, -0.1) is 0 Å². The van der Waals surface area contributed by atoms with E-state index in [4.69, 9.17) is 14.2 Å². The van der Waals surface area contributed by atoms with E-state index in [1.165, 1.54) is 0 Å². The number of carbonyl (C=O) groups excluding carboxylic acids is 2. The normalized spacial score (nSPS) is 11.7. The van der Waals surface area contributed by atoms with Crippen LogP contribution in [0.4, 0.5) is 5.69 Å². The summed E-state index contributed by atoms with van der Waals surface area (Å²) in [7, 11) is 1.57. The van der Waals surface area contributed by atoms with Gasteiger partial charge in [0.15, 0.2) is 0 Å². The first-order chi connectivity index (χ1) is 16.5. The predicted octanol–water partition coefficient (Wildman–Crippen LogP) is 6.26. The van der Waals surface area contributed by atoms with Gasteiger partial charge in [0.25, 0.3) is 0 Å². The van der Waals surface area contributed by atoms with Crippen molar-refractivity contribution in [2.45, 2.75) is 26.7 Å². The third-order valence-corrected chi connectivity index (χ3v) is 5.16. The van der Waals surface area contributed by atoms with Crippen molar-refractivity contribution in [3.8, 4) is 11.5 Å². The summed E-state index contributed by atoms with van der Waals surface area (Å²) in [6.07, 6.45) is 3.81. The smallest absolute Gasteiger partial charge is 0.343 e. The molecule has 0 saturated carbocycles. The minimum Gasteiger partial charge on any atom is -0.497 e. The Labute approximate surface area is 200 Å². The lowest BCUT2D eigenvalue weighted by Gasteiger charge is -2.10. The van der Waals surface area contributed by atoms with Gasteiger partial charge in [-0.3, -0.25) is 4.99 Å². The summed E-state index contributed by atoms with van der Waals surface area (Å²) in [5, 5.41) is 0. The highest BCUT2D eigenvalue weighted by Crippen LogP contribution is 2.18. The molecule has 0 N–H and O–H groups in total. The molecule has 0 fully saturated rings. The van der Waals surface area contributed by atoms with E-state index in [-0.39, 0.29) is 5.97 Å². The number of rotatable bonds is 10. The van der Waals surface area contributed by atoms with Crippen LogP contribution in [-0.2, 0) is 4.74 Å². The highest BCUT2D eigenvalue weighted by atomic mass is 16.5. The Morgan fingerprint density at radius 2 is 1.44 bits per heavy atom. The molecule has 1 atom stereocenters. The van der Waals surface area contributed by atoms with Crippen molar-refractivity contribution in [2.75, 3.05) is 13.7 Å². The molecule has 3 aromatic rings. The van der Waals surface area contributed by atoms with E-state index in [2.05, 4.69) is 18.8 Å². The molecule has 3 rings (SSSR count). The van der Waals surface area contributed by atoms with Crippen LogP contribution in [0.15, 0.2) is 77.8 Å². The van der Waals surface area contributed by atoms with E-state index in [1.807, 2.05) is 12.1 Å². The standard InChI is InChI=1S/C28H29NO5/c1-4-5-20(2)19-33-27(30)22-8-12-24(13-9-22)29-18-21-6-14-26(15-7-21)34-28(31)23-10-16-25(32-3)17-11-23/h6-18,20H,4-5,19H2,1-3H3. The molecule has 0 spiro atoms. The molecule has 0 saturated heterocycles. The van der Waals surface area contributed by atoms with Gasteiger partial charge in [-0.2, -0.15) is 0 Å². The van der Waals surface area contributed by atoms with Crippen LogP contribution in [0.1, 0.15) is 53.0 Å². The Morgan fingerprint density at radius 1 is 0.853 bits per heavy atom. The molecule has 0 aliphatic rings. The van der Waals surface area contributed by atoms with Crippen LogP contribution >= 0.6 is 0 Å². The van der Waals surface area contributed by atoms with E-state index < -0.39 is 5.97 Å². The summed E-state index contributed by atoms with van der Waals surface area (Å²) < 4.78 is 15.9. The van der Waals surface area contributed by atoms with Crippen molar-refractivity contribution in [3.63, 3.8) is 0 Å². The van der Waals surface area contributed by atoms with E-state index >= 15 is 0 Å². The van der Waals surface area contributed by atoms with Crippen LogP contribution in [-0.4, -0.2) is 31.9 Å². The zero-order chi connectivity index (χ0) is 24.3. The molecule has 34 heavy (non-hydrogen) atoms. The van der Waals surface area contributed by atoms with Crippen LogP contribution in [0.2, 0.25) is 0 Å². The molecule has 0 aromatic heterocycles. The van der Waals surface area contributed by atoms with E-state index in [1.54, 1.807) is 74.0 Å². The summed E-state index contributed by atoms with van der Waals surface area (Å²) in [6.45, 7) is 4.62. The number of carbonyl (C=O) groups is 2. The summed E-state index contributed by atoms with van der Waals surface area (Å²) >= 11 is 0. The van der Waals surface area contributed by atoms with Crippen molar-refractivity contribution in [2.24, 2.45) is 10.9 Å². The first-order valence-corrected chi connectivity index (χ1v) is 11.3. The summed E-state index contributed by atoms with van der Waals surface area (Å²) in [4.78, 5) is 28.9. The average molecular weight is 460 g/mol. The Balaban J connectivity index is 1.53. The SMILES string of the molecule is CCCC(C)COC(=O)c1ccc(N=Cc2ccc(OC(=O)c3ccc(OC)cc3)cc2)cc1. The number of hydrogen-bond acceptors (Lipinski definition) is 6. The number of nitrogens with zero attached hydrogens (tertiary/aromatic N) is 1. The second-order valence-electron chi connectivity index (χ2n) is 7.98. The molecule has 1 unspecified atom stereocenters. The average Bonchev–Trinajstić information content (AvgIpc) is 2.87. The van der Waals surface area contributed by atoms with Gasteiger partial charge in [0.05, 0.1) is 30.5 Å². The maximum atomic E-state index is 12.3. The summed E-state index contributed by atoms with van der Waals surface area (Å²) in [5.74, 6) is 0.705. The van der Waals surface area contributed by atoms with Crippen molar-refractivity contribution in [1.29, 1.82) is 0 Å². The number of hydrogen-bond donors (Lipinski definition) is 0. The summed E-state index contributed by atoms with van der Waals surface area (Å²) in [5.41, 5.74) is 2.50. The fourth-order valence-corrected chi connectivity index (χ4v) is 3.23. The van der Waals surface area contributed by atoms with Crippen LogP contribution in [0, 0.1) is 5.92 Å². The lowest BCUT2D eigenvalue weighted by Crippen LogP contribution is -2.11. The van der Waals surface area contributed by atoms with Crippen molar-refractivity contribution in [3.05, 3.63) is 89.5 Å². The second kappa shape index (κ2) is 12.3. The van der Waals surface area contributed by atoms with Gasteiger partial charge in [0.2, 0.25) is 0 Å². The molecular weight excluding hydrogens is 430 g/mol. The van der Waals surface area contributed by atoms with Crippen molar-refractivity contribution in [1.82, 2.24) is 0 Å². The fraction of sp³-hybridized carbons (Fsp3) is 0.250. The van der Waals surface area contributed by atoms with Gasteiger partial charge >= 0.3 is 11.9 Å². The van der Waals surface area contributed by atoms with Gasteiger partial charge in [-0.05, 0) is 90.7 Å². The van der Waals surface area contributed by atoms with Crippen LogP contribution in [0.3, 0.4) is 0 Å². The Bertz CT molecular complexity index is 1100. The minimum atomic E-state index is -0.442. The van der Waals surface area contributed by atoms with Crippen LogP contribution in [0.5, 0.6) is 11.5 Å². The quantitative estimate of drug-likeness (QED) is 0.203. The second-order valence-corrected chi connectivity index (χ2v) is 7.98. The fourth-order valence-electron chi connectivity index (χ4n) is 3.23. The lowest BCUT2D eigenvalue weighted by atomic mass is 10.1. The van der Waals surface area contributed by atoms with Gasteiger partial charge in [0, 0.05) is 6.21 Å². The summed E-state index contributed by atoms with van der Waals surface area (Å²) in [6, 6.07) is 20.7. The van der Waals surface area contributed by atoms with E-state index in [0.29, 0.717) is 40.8 Å². The minimum absolute atomic E-state index is 0.321. The molecule has 0 aliphatic heterocycles. The zero-order valence-corrected chi connectivity index (χ0v) is 19.7. The van der Waals surface area contributed by atoms with Crippen molar-refractivity contribution >= 4 is 23.8 Å². The number of methoxy groups -OCH3 is 1. The largest absolute Gasteiger partial charge is 0.497 e. The third kappa shape index (κ3) is 7.30. The van der Waals surface area contributed by atoms with Crippen LogP contribution < -0.4 is 9.47 Å². The highest BCUT2D eigenvalue weighted by Gasteiger charge is 2.10. The predicted molar refractivity (Wildman–Crippen MR) is 132 cm³/mol. The molecular formula is C28H29NO5. The monoisotopic (exact) mass is 459 g/mol. The third-order valence-electron chi connectivity index (χ3n) is 5.16. The van der Waals surface area contributed by atoms with E-state index in [0.717, 1.165) is 18.4 Å². The molecule has 3 aromatic carbocycles. The molecule has 0 heterocycles. The molecule has 0 aliphatic carbocycles. The highest BCUT2D eigenvalue weighted by molar-refractivity contribution is 5.91. The van der Waals surface area contributed by atoms with Gasteiger partial charge < -0.3 is 14.2 Å². The molecule has 176 valence electrons. The number of ether oxygens (including phenoxy) is 3.